The van der Waals surface area contributed by atoms with Gasteiger partial charge in [-0.2, -0.15) is 0 Å². The predicted octanol–water partition coefficient (Wildman–Crippen LogP) is 3.04. The van der Waals surface area contributed by atoms with Crippen LogP contribution in [0.3, 0.4) is 0 Å². The van der Waals surface area contributed by atoms with Crippen molar-refractivity contribution >= 4 is 5.91 Å². The molecule has 0 aromatic heterocycles. The van der Waals surface area contributed by atoms with Crippen molar-refractivity contribution in [2.45, 2.75) is 33.6 Å². The van der Waals surface area contributed by atoms with Crippen molar-refractivity contribution in [1.29, 1.82) is 0 Å². The van der Waals surface area contributed by atoms with E-state index in [0.29, 0.717) is 24.2 Å². The Morgan fingerprint density at radius 3 is 2.61 bits per heavy atom. The first-order valence-corrected chi connectivity index (χ1v) is 6.88. The van der Waals surface area contributed by atoms with E-state index in [1.807, 2.05) is 4.90 Å². The molecular weight excluding hydrogens is 222 g/mol. The summed E-state index contributed by atoms with van der Waals surface area (Å²) < 4.78 is 0. The van der Waals surface area contributed by atoms with Gasteiger partial charge in [0.15, 0.2) is 0 Å². The molecule has 2 rings (SSSR count). The maximum absolute atomic E-state index is 11.8. The Kier molecular flexibility index (Phi) is 4.05. The normalized spacial score (nSPS) is 15.9. The Morgan fingerprint density at radius 1 is 1.33 bits per heavy atom. The summed E-state index contributed by atoms with van der Waals surface area (Å²) in [5.74, 6) is 1.45. The molecule has 1 amide bonds. The number of amides is 1. The van der Waals surface area contributed by atoms with Crippen LogP contribution in [-0.2, 0) is 11.2 Å². The van der Waals surface area contributed by atoms with Gasteiger partial charge in [0, 0.05) is 19.5 Å². The average molecular weight is 245 g/mol. The van der Waals surface area contributed by atoms with Crippen molar-refractivity contribution in [2.75, 3.05) is 13.1 Å². The van der Waals surface area contributed by atoms with Gasteiger partial charge in [0.2, 0.25) is 5.91 Å². The second-order valence-electron chi connectivity index (χ2n) is 5.89. The summed E-state index contributed by atoms with van der Waals surface area (Å²) in [5, 5.41) is 0. The van der Waals surface area contributed by atoms with Crippen LogP contribution in [0.1, 0.15) is 31.4 Å². The van der Waals surface area contributed by atoms with Crippen molar-refractivity contribution in [2.24, 2.45) is 11.8 Å². The van der Waals surface area contributed by atoms with Crippen LogP contribution in [0.4, 0.5) is 0 Å². The van der Waals surface area contributed by atoms with Crippen LogP contribution < -0.4 is 0 Å². The van der Waals surface area contributed by atoms with Gasteiger partial charge in [-0.25, -0.2) is 0 Å². The van der Waals surface area contributed by atoms with E-state index in [0.717, 1.165) is 19.5 Å². The summed E-state index contributed by atoms with van der Waals surface area (Å²) in [6.45, 7) is 8.25. The highest BCUT2D eigenvalue weighted by atomic mass is 16.2. The fraction of sp³-hybridized carbons (Fsp3) is 0.562. The van der Waals surface area contributed by atoms with Crippen LogP contribution >= 0.6 is 0 Å². The first-order chi connectivity index (χ1) is 8.56. The molecule has 0 atom stereocenters. The zero-order chi connectivity index (χ0) is 13.1. The van der Waals surface area contributed by atoms with Gasteiger partial charge in [0.25, 0.3) is 0 Å². The molecule has 0 unspecified atom stereocenters. The molecule has 1 aliphatic rings. The lowest BCUT2D eigenvalue weighted by Gasteiger charge is -2.40. The maximum atomic E-state index is 11.8. The Morgan fingerprint density at radius 2 is 2.00 bits per heavy atom. The molecule has 2 heteroatoms. The summed E-state index contributed by atoms with van der Waals surface area (Å²) in [6.07, 6.45) is 1.80. The molecule has 1 saturated heterocycles. The van der Waals surface area contributed by atoms with Gasteiger partial charge in [0.05, 0.1) is 0 Å². The summed E-state index contributed by atoms with van der Waals surface area (Å²) in [4.78, 5) is 13.8. The number of aryl methyl sites for hydroxylation is 1. The van der Waals surface area contributed by atoms with E-state index in [-0.39, 0.29) is 0 Å². The van der Waals surface area contributed by atoms with Crippen LogP contribution in [0, 0.1) is 18.8 Å². The molecule has 98 valence electrons. The van der Waals surface area contributed by atoms with E-state index >= 15 is 0 Å². The third-order valence-corrected chi connectivity index (χ3v) is 3.66. The SMILES string of the molecule is Cc1ccccc1CC1CN(C(=O)CC(C)C)C1. The monoisotopic (exact) mass is 245 g/mol. The fourth-order valence-electron chi connectivity index (χ4n) is 2.53. The maximum Gasteiger partial charge on any atom is 0.222 e. The Labute approximate surface area is 110 Å². The van der Waals surface area contributed by atoms with Crippen molar-refractivity contribution in [3.63, 3.8) is 0 Å². The summed E-state index contributed by atoms with van der Waals surface area (Å²) >= 11 is 0. The van der Waals surface area contributed by atoms with Crippen LogP contribution in [0.2, 0.25) is 0 Å². The predicted molar refractivity (Wildman–Crippen MR) is 74.4 cm³/mol. The minimum absolute atomic E-state index is 0.325. The summed E-state index contributed by atoms with van der Waals surface area (Å²) in [6, 6.07) is 8.55. The smallest absolute Gasteiger partial charge is 0.222 e. The number of carbonyl (C=O) groups is 1. The van der Waals surface area contributed by atoms with Gasteiger partial charge < -0.3 is 4.90 Å². The molecule has 1 aromatic carbocycles. The summed E-state index contributed by atoms with van der Waals surface area (Å²) in [5.41, 5.74) is 2.79. The highest BCUT2D eigenvalue weighted by Crippen LogP contribution is 2.23. The number of hydrogen-bond acceptors (Lipinski definition) is 1. The summed E-state index contributed by atoms with van der Waals surface area (Å²) in [7, 11) is 0. The van der Waals surface area contributed by atoms with Crippen molar-refractivity contribution in [3.8, 4) is 0 Å². The highest BCUT2D eigenvalue weighted by Gasteiger charge is 2.30. The minimum Gasteiger partial charge on any atom is -0.342 e. The van der Waals surface area contributed by atoms with Gasteiger partial charge in [-0.1, -0.05) is 38.1 Å². The van der Waals surface area contributed by atoms with Crippen LogP contribution in [0.5, 0.6) is 0 Å². The lowest BCUT2D eigenvalue weighted by molar-refractivity contribution is -0.138. The molecule has 0 aliphatic carbocycles. The number of benzene rings is 1. The van der Waals surface area contributed by atoms with Crippen molar-refractivity contribution in [3.05, 3.63) is 35.4 Å². The fourth-order valence-corrected chi connectivity index (χ4v) is 2.53. The molecule has 2 nitrogen and oxygen atoms in total. The topological polar surface area (TPSA) is 20.3 Å². The van der Waals surface area contributed by atoms with E-state index in [1.165, 1.54) is 11.1 Å². The third kappa shape index (κ3) is 3.12. The quantitative estimate of drug-likeness (QED) is 0.798. The van der Waals surface area contributed by atoms with Crippen LogP contribution in [0.25, 0.3) is 0 Å². The lowest BCUT2D eigenvalue weighted by Crippen LogP contribution is -2.51. The van der Waals surface area contributed by atoms with E-state index in [2.05, 4.69) is 45.0 Å². The van der Waals surface area contributed by atoms with Gasteiger partial charge in [-0.15, -0.1) is 0 Å². The number of rotatable bonds is 4. The first kappa shape index (κ1) is 13.1. The standard InChI is InChI=1S/C16H23NO/c1-12(2)8-16(18)17-10-14(11-17)9-15-7-5-4-6-13(15)3/h4-7,12,14H,8-11H2,1-3H3. The van der Waals surface area contributed by atoms with Gasteiger partial charge in [0.1, 0.15) is 0 Å². The van der Waals surface area contributed by atoms with Crippen molar-refractivity contribution in [1.82, 2.24) is 4.90 Å². The average Bonchev–Trinajstić information content (AvgIpc) is 2.23. The van der Waals surface area contributed by atoms with E-state index in [9.17, 15) is 4.79 Å². The molecule has 18 heavy (non-hydrogen) atoms. The van der Waals surface area contributed by atoms with E-state index < -0.39 is 0 Å². The molecule has 0 saturated carbocycles. The molecular formula is C16H23NO. The van der Waals surface area contributed by atoms with Crippen molar-refractivity contribution < 1.29 is 4.79 Å². The first-order valence-electron chi connectivity index (χ1n) is 6.88. The molecule has 1 aliphatic heterocycles. The van der Waals surface area contributed by atoms with Gasteiger partial charge >= 0.3 is 0 Å². The van der Waals surface area contributed by atoms with E-state index in [1.54, 1.807) is 0 Å². The largest absolute Gasteiger partial charge is 0.342 e. The second-order valence-corrected chi connectivity index (χ2v) is 5.89. The minimum atomic E-state index is 0.325. The lowest BCUT2D eigenvalue weighted by atomic mass is 9.90. The number of carbonyl (C=O) groups excluding carboxylic acids is 1. The highest BCUT2D eigenvalue weighted by molar-refractivity contribution is 5.77. The molecule has 1 heterocycles. The zero-order valence-electron chi connectivity index (χ0n) is 11.6. The van der Waals surface area contributed by atoms with E-state index in [4.69, 9.17) is 0 Å². The Balaban J connectivity index is 1.80. The number of nitrogens with zero attached hydrogens (tertiary/aromatic N) is 1. The third-order valence-electron chi connectivity index (χ3n) is 3.66. The van der Waals surface area contributed by atoms with Gasteiger partial charge in [-0.3, -0.25) is 4.79 Å². The number of likely N-dealkylation sites (tertiary alicyclic amines) is 1. The number of hydrogen-bond donors (Lipinski definition) is 0. The van der Waals surface area contributed by atoms with Crippen LogP contribution in [0.15, 0.2) is 24.3 Å². The van der Waals surface area contributed by atoms with Crippen LogP contribution in [-0.4, -0.2) is 23.9 Å². The zero-order valence-corrected chi connectivity index (χ0v) is 11.6. The Hall–Kier alpha value is -1.31. The second kappa shape index (κ2) is 5.55. The molecule has 0 spiro atoms. The molecule has 0 N–H and O–H groups in total. The molecule has 1 fully saturated rings. The Bertz CT molecular complexity index is 419. The molecule has 0 radical (unpaired) electrons. The molecule has 0 bridgehead atoms. The molecule has 1 aromatic rings. The van der Waals surface area contributed by atoms with Gasteiger partial charge in [-0.05, 0) is 36.3 Å².